The van der Waals surface area contributed by atoms with Crippen LogP contribution in [0, 0.1) is 28.6 Å². The lowest BCUT2D eigenvalue weighted by molar-refractivity contribution is -0.144. The van der Waals surface area contributed by atoms with Crippen LogP contribution in [-0.2, 0) is 4.74 Å². The average Bonchev–Trinajstić information content (AvgIpc) is 3.18. The van der Waals surface area contributed by atoms with E-state index in [-0.39, 0.29) is 17.1 Å². The first kappa shape index (κ1) is 24.9. The summed E-state index contributed by atoms with van der Waals surface area (Å²) in [7, 11) is 0. The van der Waals surface area contributed by atoms with Gasteiger partial charge in [0, 0.05) is 5.92 Å². The van der Waals surface area contributed by atoms with Crippen LogP contribution in [-0.4, -0.2) is 23.4 Å². The number of fused-ring (bicyclic) bond motifs is 4. The monoisotopic (exact) mass is 488 g/mol. The Balaban J connectivity index is 1.36. The molecule has 1 aromatic carbocycles. The Morgan fingerprint density at radius 1 is 0.972 bits per heavy atom. The van der Waals surface area contributed by atoms with Crippen LogP contribution >= 0.6 is 0 Å². The molecule has 0 amide bonds. The molecule has 2 heteroatoms. The molecular formula is C34H48O2. The highest BCUT2D eigenvalue weighted by molar-refractivity contribution is 5.51. The van der Waals surface area contributed by atoms with Gasteiger partial charge in [0.1, 0.15) is 0 Å². The summed E-state index contributed by atoms with van der Waals surface area (Å²) >= 11 is 0. The predicted molar refractivity (Wildman–Crippen MR) is 149 cm³/mol. The smallest absolute Gasteiger partial charge is 0.0691 e. The molecule has 2 nitrogen and oxygen atoms in total. The van der Waals surface area contributed by atoms with Gasteiger partial charge in [-0.1, -0.05) is 75.3 Å². The maximum absolute atomic E-state index is 11.2. The minimum atomic E-state index is -0.144. The number of ether oxygens (including phenoxy) is 1. The predicted octanol–water partition coefficient (Wildman–Crippen LogP) is 8.46. The number of hydrogen-bond acceptors (Lipinski definition) is 2. The zero-order valence-corrected chi connectivity index (χ0v) is 23.2. The van der Waals surface area contributed by atoms with Crippen molar-refractivity contribution in [3.8, 4) is 0 Å². The second kappa shape index (κ2) is 9.12. The molecule has 1 heterocycles. The van der Waals surface area contributed by atoms with E-state index in [2.05, 4.69) is 64.1 Å². The van der Waals surface area contributed by atoms with Crippen molar-refractivity contribution in [2.24, 2.45) is 28.6 Å². The van der Waals surface area contributed by atoms with Crippen LogP contribution in [0.25, 0.3) is 6.08 Å². The molecule has 6 rings (SSSR count). The molecule has 1 N–H and O–H groups in total. The number of hydrogen-bond donors (Lipinski definition) is 1. The van der Waals surface area contributed by atoms with Crippen molar-refractivity contribution in [2.75, 3.05) is 6.61 Å². The Bertz CT molecular complexity index is 1020. The lowest BCUT2D eigenvalue weighted by Crippen LogP contribution is -2.49. The molecule has 1 saturated heterocycles. The Hall–Kier alpha value is -1.38. The Morgan fingerprint density at radius 3 is 2.50 bits per heavy atom. The molecule has 4 fully saturated rings. The quantitative estimate of drug-likeness (QED) is 0.432. The highest BCUT2D eigenvalue weighted by atomic mass is 16.5. The minimum Gasteiger partial charge on any atom is -0.393 e. The van der Waals surface area contributed by atoms with Gasteiger partial charge in [-0.2, -0.15) is 0 Å². The summed E-state index contributed by atoms with van der Waals surface area (Å²) in [5, 5.41) is 11.2. The van der Waals surface area contributed by atoms with E-state index in [4.69, 9.17) is 4.74 Å². The fourth-order valence-corrected chi connectivity index (χ4v) is 9.12. The van der Waals surface area contributed by atoms with Crippen molar-refractivity contribution in [2.45, 2.75) is 116 Å². The van der Waals surface area contributed by atoms with Crippen LogP contribution in [0.2, 0.25) is 0 Å². The second-order valence-electron chi connectivity index (χ2n) is 14.1. The number of benzene rings is 1. The third-order valence-electron chi connectivity index (χ3n) is 11.3. The van der Waals surface area contributed by atoms with Crippen molar-refractivity contribution < 1.29 is 9.84 Å². The molecule has 3 saturated carbocycles. The van der Waals surface area contributed by atoms with Gasteiger partial charge in [-0.05, 0) is 110 Å². The summed E-state index contributed by atoms with van der Waals surface area (Å²) in [6.07, 6.45) is 17.6. The highest BCUT2D eigenvalue weighted by Gasteiger charge is 2.57. The molecule has 4 aliphatic carbocycles. The molecule has 36 heavy (non-hydrogen) atoms. The van der Waals surface area contributed by atoms with E-state index in [1.54, 1.807) is 0 Å². The first-order chi connectivity index (χ1) is 17.2. The summed E-state index contributed by atoms with van der Waals surface area (Å²) in [6, 6.07) is 9.43. The van der Waals surface area contributed by atoms with E-state index in [0.717, 1.165) is 25.9 Å². The Kier molecular flexibility index (Phi) is 6.32. The fraction of sp³-hybridized carbons (Fsp3) is 0.706. The maximum atomic E-state index is 11.2. The Morgan fingerprint density at radius 2 is 1.78 bits per heavy atom. The molecular weight excluding hydrogens is 440 g/mol. The minimum absolute atomic E-state index is 0.0565. The molecule has 7 atom stereocenters. The van der Waals surface area contributed by atoms with Gasteiger partial charge in [0.05, 0.1) is 18.3 Å². The lowest BCUT2D eigenvalue weighted by Gasteiger charge is -2.55. The molecule has 0 aromatic heterocycles. The van der Waals surface area contributed by atoms with Gasteiger partial charge >= 0.3 is 0 Å². The van der Waals surface area contributed by atoms with Crippen molar-refractivity contribution >= 4 is 6.08 Å². The average molecular weight is 489 g/mol. The van der Waals surface area contributed by atoms with E-state index >= 15 is 0 Å². The summed E-state index contributed by atoms with van der Waals surface area (Å²) < 4.78 is 6.70. The molecule has 7 unspecified atom stereocenters. The van der Waals surface area contributed by atoms with Gasteiger partial charge < -0.3 is 9.84 Å². The lowest BCUT2D eigenvalue weighted by atomic mass is 9.51. The summed E-state index contributed by atoms with van der Waals surface area (Å²) in [5.41, 5.74) is 6.93. The molecule has 196 valence electrons. The second-order valence-corrected chi connectivity index (χ2v) is 14.1. The van der Waals surface area contributed by atoms with Crippen molar-refractivity contribution in [1.29, 1.82) is 0 Å². The third-order valence-corrected chi connectivity index (χ3v) is 11.3. The SMILES string of the molecule is CC/C=C/c1ccc(C2CC3(C)C(O)CCC3C3CCC4CC5(CCC4=C23)CCC(C)(C)CO5)cc1. The van der Waals surface area contributed by atoms with Crippen LogP contribution in [0.15, 0.2) is 41.5 Å². The van der Waals surface area contributed by atoms with Gasteiger partial charge in [-0.3, -0.25) is 0 Å². The van der Waals surface area contributed by atoms with E-state index in [1.807, 2.05) is 11.1 Å². The van der Waals surface area contributed by atoms with E-state index in [1.165, 1.54) is 62.5 Å². The van der Waals surface area contributed by atoms with Crippen molar-refractivity contribution in [3.05, 3.63) is 52.6 Å². The van der Waals surface area contributed by atoms with Gasteiger partial charge in [0.15, 0.2) is 0 Å². The van der Waals surface area contributed by atoms with Crippen molar-refractivity contribution in [1.82, 2.24) is 0 Å². The first-order valence-corrected chi connectivity index (χ1v) is 15.0. The molecule has 1 aromatic rings. The molecule has 0 bridgehead atoms. The highest BCUT2D eigenvalue weighted by Crippen LogP contribution is 2.65. The van der Waals surface area contributed by atoms with Crippen LogP contribution in [0.5, 0.6) is 0 Å². The topological polar surface area (TPSA) is 29.5 Å². The van der Waals surface area contributed by atoms with Gasteiger partial charge in [0.25, 0.3) is 0 Å². The van der Waals surface area contributed by atoms with E-state index in [0.29, 0.717) is 29.1 Å². The summed E-state index contributed by atoms with van der Waals surface area (Å²) in [4.78, 5) is 0. The Labute approximate surface area is 219 Å². The van der Waals surface area contributed by atoms with Gasteiger partial charge in [0.2, 0.25) is 0 Å². The number of rotatable bonds is 3. The van der Waals surface area contributed by atoms with Gasteiger partial charge in [-0.15, -0.1) is 0 Å². The normalized spacial score (nSPS) is 41.9. The fourth-order valence-electron chi connectivity index (χ4n) is 9.12. The number of allylic oxidation sites excluding steroid dienone is 3. The molecule has 1 spiro atoms. The number of aliphatic hydroxyl groups is 1. The largest absolute Gasteiger partial charge is 0.393 e. The molecule has 0 radical (unpaired) electrons. The van der Waals surface area contributed by atoms with Crippen LogP contribution in [0.4, 0.5) is 0 Å². The van der Waals surface area contributed by atoms with E-state index < -0.39 is 0 Å². The number of aliphatic hydroxyl groups excluding tert-OH is 1. The first-order valence-electron chi connectivity index (χ1n) is 15.0. The summed E-state index contributed by atoms with van der Waals surface area (Å²) in [6.45, 7) is 10.3. The standard InChI is InChI=1S/C34H48O2/c1-5-6-7-23-8-10-24(11-9-23)28-21-33(4)29(14-15-30(33)35)27-13-12-25-20-34(17-16-26(25)31(27)28)19-18-32(2,3)22-36-34/h6-11,25,27-30,35H,5,12-22H2,1-4H3/b7-6+. The zero-order valence-electron chi connectivity index (χ0n) is 23.2. The van der Waals surface area contributed by atoms with E-state index in [9.17, 15) is 5.11 Å². The maximum Gasteiger partial charge on any atom is 0.0691 e. The third kappa shape index (κ3) is 4.15. The molecule has 1 aliphatic heterocycles. The zero-order chi connectivity index (χ0) is 25.1. The van der Waals surface area contributed by atoms with Crippen molar-refractivity contribution in [3.63, 3.8) is 0 Å². The summed E-state index contributed by atoms with van der Waals surface area (Å²) in [5.74, 6) is 2.49. The van der Waals surface area contributed by atoms with Gasteiger partial charge in [-0.25, -0.2) is 0 Å². The van der Waals surface area contributed by atoms with Crippen LogP contribution < -0.4 is 0 Å². The van der Waals surface area contributed by atoms with Crippen LogP contribution in [0.1, 0.15) is 115 Å². The molecule has 5 aliphatic rings. The van der Waals surface area contributed by atoms with Crippen LogP contribution in [0.3, 0.4) is 0 Å².